The molecule has 0 fully saturated rings. The Morgan fingerprint density at radius 3 is 3.00 bits per heavy atom. The number of hydrogen-bond acceptors (Lipinski definition) is 4. The Hall–Kier alpha value is -2.01. The highest BCUT2D eigenvalue weighted by atomic mass is 35.5. The smallest absolute Gasteiger partial charge is 0.251 e. The molecule has 19 heavy (non-hydrogen) atoms. The Morgan fingerprint density at radius 1 is 1.58 bits per heavy atom. The minimum absolute atomic E-state index is 0.0631. The van der Waals surface area contributed by atoms with Crippen molar-refractivity contribution in [2.45, 2.75) is 19.4 Å². The van der Waals surface area contributed by atoms with Crippen LogP contribution in [-0.4, -0.2) is 16.9 Å². The van der Waals surface area contributed by atoms with Gasteiger partial charge in [0.05, 0.1) is 6.26 Å². The van der Waals surface area contributed by atoms with E-state index in [4.69, 9.17) is 21.8 Å². The Labute approximate surface area is 115 Å². The summed E-state index contributed by atoms with van der Waals surface area (Å²) in [6, 6.07) is 6.58. The second-order valence-corrected chi connectivity index (χ2v) is 4.65. The van der Waals surface area contributed by atoms with Crippen molar-refractivity contribution in [1.82, 2.24) is 10.3 Å². The highest BCUT2D eigenvalue weighted by Crippen LogP contribution is 2.12. The van der Waals surface area contributed by atoms with Crippen molar-refractivity contribution < 1.29 is 9.21 Å². The van der Waals surface area contributed by atoms with Gasteiger partial charge >= 0.3 is 0 Å². The molecule has 0 spiro atoms. The van der Waals surface area contributed by atoms with Gasteiger partial charge in [-0.25, -0.2) is 4.98 Å². The minimum Gasteiger partial charge on any atom is -0.469 e. The van der Waals surface area contributed by atoms with Crippen LogP contribution in [0.25, 0.3) is 0 Å². The lowest BCUT2D eigenvalue weighted by Gasteiger charge is -2.12. The van der Waals surface area contributed by atoms with E-state index in [1.165, 1.54) is 12.1 Å². The molecule has 0 aliphatic carbocycles. The van der Waals surface area contributed by atoms with Crippen LogP contribution in [0.3, 0.4) is 0 Å². The summed E-state index contributed by atoms with van der Waals surface area (Å²) < 4.78 is 5.23. The summed E-state index contributed by atoms with van der Waals surface area (Å²) in [5, 5.41) is 3.05. The van der Waals surface area contributed by atoms with Crippen molar-refractivity contribution in [2.75, 3.05) is 5.73 Å². The van der Waals surface area contributed by atoms with Gasteiger partial charge in [0.15, 0.2) is 0 Å². The summed E-state index contributed by atoms with van der Waals surface area (Å²) in [4.78, 5) is 15.8. The number of aromatic nitrogens is 1. The number of furan rings is 1. The fourth-order valence-electron chi connectivity index (χ4n) is 1.74. The van der Waals surface area contributed by atoms with Crippen LogP contribution in [-0.2, 0) is 6.42 Å². The lowest BCUT2D eigenvalue weighted by molar-refractivity contribution is 0.0939. The van der Waals surface area contributed by atoms with Crippen molar-refractivity contribution >= 4 is 23.3 Å². The van der Waals surface area contributed by atoms with Crippen molar-refractivity contribution in [3.05, 3.63) is 47.0 Å². The predicted octanol–water partition coefficient (Wildman–Crippen LogP) is 2.27. The van der Waals surface area contributed by atoms with Gasteiger partial charge in [-0.2, -0.15) is 0 Å². The van der Waals surface area contributed by atoms with Crippen LogP contribution >= 0.6 is 11.6 Å². The molecule has 2 heterocycles. The molecule has 0 bridgehead atoms. The fourth-order valence-corrected chi connectivity index (χ4v) is 1.95. The number of hydrogen-bond donors (Lipinski definition) is 2. The van der Waals surface area contributed by atoms with Gasteiger partial charge in [-0.15, -0.1) is 0 Å². The first-order valence-electron chi connectivity index (χ1n) is 5.81. The zero-order valence-electron chi connectivity index (χ0n) is 10.4. The third kappa shape index (κ3) is 3.72. The molecule has 100 valence electrons. The molecule has 0 saturated carbocycles. The number of nitrogen functional groups attached to an aromatic ring is 1. The van der Waals surface area contributed by atoms with Crippen LogP contribution < -0.4 is 11.1 Å². The van der Waals surface area contributed by atoms with E-state index in [-0.39, 0.29) is 22.9 Å². The van der Waals surface area contributed by atoms with E-state index >= 15 is 0 Å². The van der Waals surface area contributed by atoms with Crippen LogP contribution in [0.5, 0.6) is 0 Å². The van der Waals surface area contributed by atoms with Gasteiger partial charge in [0.25, 0.3) is 5.91 Å². The predicted molar refractivity (Wildman–Crippen MR) is 73.0 cm³/mol. The first kappa shape index (κ1) is 13.4. The Morgan fingerprint density at radius 2 is 2.37 bits per heavy atom. The van der Waals surface area contributed by atoms with E-state index in [2.05, 4.69) is 10.3 Å². The Bertz CT molecular complexity index is 549. The topological polar surface area (TPSA) is 81.2 Å². The molecule has 0 aliphatic rings. The van der Waals surface area contributed by atoms with Crippen LogP contribution in [0, 0.1) is 0 Å². The van der Waals surface area contributed by atoms with Gasteiger partial charge in [0, 0.05) is 18.0 Å². The summed E-state index contributed by atoms with van der Waals surface area (Å²) >= 11 is 5.76. The lowest BCUT2D eigenvalue weighted by atomic mass is 10.1. The molecular weight excluding hydrogens is 266 g/mol. The molecule has 1 atom stereocenters. The highest BCUT2D eigenvalue weighted by Gasteiger charge is 2.12. The molecular formula is C13H14ClN3O2. The molecule has 0 saturated heterocycles. The van der Waals surface area contributed by atoms with Crippen LogP contribution in [0.15, 0.2) is 34.9 Å². The van der Waals surface area contributed by atoms with Crippen molar-refractivity contribution in [3.8, 4) is 0 Å². The summed E-state index contributed by atoms with van der Waals surface area (Å²) in [5.74, 6) is 0.798. The summed E-state index contributed by atoms with van der Waals surface area (Å²) in [6.07, 6.45) is 2.22. The maximum absolute atomic E-state index is 12.0. The van der Waals surface area contributed by atoms with Crippen LogP contribution in [0.4, 0.5) is 5.82 Å². The quantitative estimate of drug-likeness (QED) is 0.841. The molecule has 3 N–H and O–H groups in total. The number of nitrogens with two attached hydrogens (primary N) is 1. The first-order valence-corrected chi connectivity index (χ1v) is 6.18. The Balaban J connectivity index is 2.00. The van der Waals surface area contributed by atoms with Crippen molar-refractivity contribution in [3.63, 3.8) is 0 Å². The molecule has 0 radical (unpaired) electrons. The van der Waals surface area contributed by atoms with E-state index in [0.717, 1.165) is 5.76 Å². The average molecular weight is 280 g/mol. The molecule has 6 heteroatoms. The molecule has 2 aromatic rings. The SMILES string of the molecule is CC(Cc1ccco1)NC(=O)c1cc(N)nc(Cl)c1. The summed E-state index contributed by atoms with van der Waals surface area (Å²) in [7, 11) is 0. The van der Waals surface area contributed by atoms with Gasteiger partial charge in [-0.1, -0.05) is 11.6 Å². The van der Waals surface area contributed by atoms with Gasteiger partial charge in [-0.05, 0) is 31.2 Å². The number of carbonyl (C=O) groups excluding carboxylic acids is 1. The number of pyridine rings is 1. The second-order valence-electron chi connectivity index (χ2n) is 4.26. The molecule has 1 amide bonds. The van der Waals surface area contributed by atoms with Gasteiger partial charge in [-0.3, -0.25) is 4.79 Å². The maximum Gasteiger partial charge on any atom is 0.251 e. The number of amides is 1. The van der Waals surface area contributed by atoms with E-state index in [9.17, 15) is 4.79 Å². The normalized spacial score (nSPS) is 12.1. The van der Waals surface area contributed by atoms with Gasteiger partial charge in [0.1, 0.15) is 16.7 Å². The number of anilines is 1. The van der Waals surface area contributed by atoms with E-state index in [1.54, 1.807) is 6.26 Å². The van der Waals surface area contributed by atoms with Crippen LogP contribution in [0.2, 0.25) is 5.15 Å². The lowest BCUT2D eigenvalue weighted by Crippen LogP contribution is -2.34. The highest BCUT2D eigenvalue weighted by molar-refractivity contribution is 6.29. The van der Waals surface area contributed by atoms with Gasteiger partial charge in [0.2, 0.25) is 0 Å². The Kier molecular flexibility index (Phi) is 4.06. The number of carbonyl (C=O) groups is 1. The second kappa shape index (κ2) is 5.75. The number of rotatable bonds is 4. The van der Waals surface area contributed by atoms with Gasteiger partial charge < -0.3 is 15.5 Å². The van der Waals surface area contributed by atoms with Crippen molar-refractivity contribution in [1.29, 1.82) is 0 Å². The van der Waals surface area contributed by atoms with E-state index in [0.29, 0.717) is 12.0 Å². The number of halogens is 1. The first-order chi connectivity index (χ1) is 9.04. The molecule has 2 rings (SSSR count). The van der Waals surface area contributed by atoms with Crippen LogP contribution in [0.1, 0.15) is 23.0 Å². The molecule has 0 aliphatic heterocycles. The maximum atomic E-state index is 12.0. The molecule has 1 unspecified atom stereocenters. The average Bonchev–Trinajstić information content (AvgIpc) is 2.80. The molecule has 2 aromatic heterocycles. The summed E-state index contributed by atoms with van der Waals surface area (Å²) in [6.45, 7) is 1.90. The zero-order valence-corrected chi connectivity index (χ0v) is 11.1. The third-order valence-corrected chi connectivity index (χ3v) is 2.73. The minimum atomic E-state index is -0.241. The molecule has 0 aromatic carbocycles. The fraction of sp³-hybridized carbons (Fsp3) is 0.231. The van der Waals surface area contributed by atoms with Crippen molar-refractivity contribution in [2.24, 2.45) is 0 Å². The number of nitrogens with zero attached hydrogens (tertiary/aromatic N) is 1. The third-order valence-electron chi connectivity index (χ3n) is 2.54. The van der Waals surface area contributed by atoms with E-state index < -0.39 is 0 Å². The monoisotopic (exact) mass is 279 g/mol. The standard InChI is InChI=1S/C13H14ClN3O2/c1-8(5-10-3-2-4-19-10)16-13(18)9-6-11(14)17-12(15)7-9/h2-4,6-8H,5H2,1H3,(H2,15,17)(H,16,18). The number of nitrogens with one attached hydrogen (secondary N) is 1. The summed E-state index contributed by atoms with van der Waals surface area (Å²) in [5.41, 5.74) is 5.94. The zero-order chi connectivity index (χ0) is 13.8. The molecule has 5 nitrogen and oxygen atoms in total. The van der Waals surface area contributed by atoms with E-state index in [1.807, 2.05) is 19.1 Å². The largest absolute Gasteiger partial charge is 0.469 e.